The molecule has 0 aliphatic carbocycles. The predicted molar refractivity (Wildman–Crippen MR) is 85.8 cm³/mol. The average molecular weight is 301 g/mol. The van der Waals surface area contributed by atoms with E-state index in [1.54, 1.807) is 23.4 Å². The minimum Gasteiger partial charge on any atom is -0.350 e. The molecule has 1 N–H and O–H groups in total. The number of carbonyl (C=O) groups excluding carboxylic acids is 2. The highest BCUT2D eigenvalue weighted by Gasteiger charge is 2.35. The van der Waals surface area contributed by atoms with Crippen molar-refractivity contribution in [1.29, 1.82) is 0 Å². The molecule has 22 heavy (non-hydrogen) atoms. The number of nitrogens with one attached hydrogen (secondary N) is 1. The van der Waals surface area contributed by atoms with Crippen LogP contribution in [0.1, 0.15) is 32.8 Å². The van der Waals surface area contributed by atoms with Crippen molar-refractivity contribution in [3.05, 3.63) is 36.2 Å². The van der Waals surface area contributed by atoms with Crippen molar-refractivity contribution in [3.63, 3.8) is 0 Å². The van der Waals surface area contributed by atoms with Crippen LogP contribution in [-0.4, -0.2) is 40.3 Å². The minimum absolute atomic E-state index is 0.0216. The third-order valence-electron chi connectivity index (χ3n) is 3.62. The van der Waals surface area contributed by atoms with Crippen LogP contribution in [-0.2, 0) is 9.59 Å². The molecule has 5 nitrogen and oxygen atoms in total. The SMILES string of the molecule is CC(C)C[C@H]1C(=O)N[C@@H](C)CN1C(=O)C=Cc1cccnc1. The van der Waals surface area contributed by atoms with Gasteiger partial charge in [0.2, 0.25) is 11.8 Å². The van der Waals surface area contributed by atoms with Crippen LogP contribution >= 0.6 is 0 Å². The highest BCUT2D eigenvalue weighted by Crippen LogP contribution is 2.17. The second kappa shape index (κ2) is 7.20. The predicted octanol–water partition coefficient (Wildman–Crippen LogP) is 1.86. The van der Waals surface area contributed by atoms with Crippen LogP contribution in [0.15, 0.2) is 30.6 Å². The van der Waals surface area contributed by atoms with Crippen molar-refractivity contribution in [2.24, 2.45) is 5.92 Å². The molecule has 1 aromatic heterocycles. The van der Waals surface area contributed by atoms with E-state index in [2.05, 4.69) is 24.1 Å². The second-order valence-corrected chi connectivity index (χ2v) is 6.17. The highest BCUT2D eigenvalue weighted by molar-refractivity contribution is 5.96. The van der Waals surface area contributed by atoms with Gasteiger partial charge < -0.3 is 10.2 Å². The Morgan fingerprint density at radius 1 is 1.55 bits per heavy atom. The summed E-state index contributed by atoms with van der Waals surface area (Å²) >= 11 is 0. The number of amides is 2. The average Bonchev–Trinajstić information content (AvgIpc) is 2.48. The maximum absolute atomic E-state index is 12.5. The summed E-state index contributed by atoms with van der Waals surface area (Å²) in [7, 11) is 0. The smallest absolute Gasteiger partial charge is 0.247 e. The zero-order valence-corrected chi connectivity index (χ0v) is 13.3. The molecule has 1 fully saturated rings. The Balaban J connectivity index is 2.13. The van der Waals surface area contributed by atoms with Crippen molar-refractivity contribution in [1.82, 2.24) is 15.2 Å². The summed E-state index contributed by atoms with van der Waals surface area (Å²) in [5, 5.41) is 2.93. The Kier molecular flexibility index (Phi) is 5.31. The third-order valence-corrected chi connectivity index (χ3v) is 3.62. The zero-order valence-electron chi connectivity index (χ0n) is 13.3. The van der Waals surface area contributed by atoms with Gasteiger partial charge in [-0.2, -0.15) is 0 Å². The summed E-state index contributed by atoms with van der Waals surface area (Å²) in [5.74, 6) is 0.161. The topological polar surface area (TPSA) is 62.3 Å². The molecule has 2 heterocycles. The van der Waals surface area contributed by atoms with E-state index in [0.29, 0.717) is 18.9 Å². The Bertz CT molecular complexity index is 554. The zero-order chi connectivity index (χ0) is 16.1. The fourth-order valence-electron chi connectivity index (χ4n) is 2.61. The normalized spacial score (nSPS) is 22.2. The maximum atomic E-state index is 12.5. The molecule has 5 heteroatoms. The van der Waals surface area contributed by atoms with Gasteiger partial charge in [0.15, 0.2) is 0 Å². The van der Waals surface area contributed by atoms with Crippen LogP contribution in [0.5, 0.6) is 0 Å². The molecule has 0 spiro atoms. The van der Waals surface area contributed by atoms with Crippen LogP contribution in [0.4, 0.5) is 0 Å². The van der Waals surface area contributed by atoms with Gasteiger partial charge in [-0.3, -0.25) is 14.6 Å². The van der Waals surface area contributed by atoms with E-state index in [-0.39, 0.29) is 23.9 Å². The lowest BCUT2D eigenvalue weighted by molar-refractivity contribution is -0.142. The largest absolute Gasteiger partial charge is 0.350 e. The molecular weight excluding hydrogens is 278 g/mol. The summed E-state index contributed by atoms with van der Waals surface area (Å²) in [6, 6.07) is 3.30. The van der Waals surface area contributed by atoms with Crippen molar-refractivity contribution < 1.29 is 9.59 Å². The van der Waals surface area contributed by atoms with Gasteiger partial charge in [-0.15, -0.1) is 0 Å². The lowest BCUT2D eigenvalue weighted by atomic mass is 9.98. The third kappa shape index (κ3) is 4.16. The van der Waals surface area contributed by atoms with Crippen LogP contribution in [0.25, 0.3) is 6.08 Å². The molecule has 0 aromatic carbocycles. The Morgan fingerprint density at radius 2 is 2.32 bits per heavy atom. The number of nitrogens with zero attached hydrogens (tertiary/aromatic N) is 2. The number of piperazine rings is 1. The Labute approximate surface area is 131 Å². The first kappa shape index (κ1) is 16.2. The van der Waals surface area contributed by atoms with Crippen molar-refractivity contribution in [2.45, 2.75) is 39.3 Å². The highest BCUT2D eigenvalue weighted by atomic mass is 16.2. The Hall–Kier alpha value is -2.17. The first-order chi connectivity index (χ1) is 10.5. The molecule has 0 radical (unpaired) electrons. The fourth-order valence-corrected chi connectivity index (χ4v) is 2.61. The van der Waals surface area contributed by atoms with Crippen molar-refractivity contribution in [2.75, 3.05) is 6.54 Å². The molecule has 1 aliphatic heterocycles. The van der Waals surface area contributed by atoms with E-state index < -0.39 is 0 Å². The molecule has 118 valence electrons. The molecule has 1 aromatic rings. The summed E-state index contributed by atoms with van der Waals surface area (Å²) in [6.45, 7) is 6.56. The molecule has 0 bridgehead atoms. The summed E-state index contributed by atoms with van der Waals surface area (Å²) < 4.78 is 0. The first-order valence-corrected chi connectivity index (χ1v) is 7.66. The van der Waals surface area contributed by atoms with E-state index >= 15 is 0 Å². The van der Waals surface area contributed by atoms with Crippen LogP contribution in [0, 0.1) is 5.92 Å². The minimum atomic E-state index is -0.387. The second-order valence-electron chi connectivity index (χ2n) is 6.17. The molecule has 2 amide bonds. The van der Waals surface area contributed by atoms with E-state index in [0.717, 1.165) is 5.56 Å². The van der Waals surface area contributed by atoms with E-state index in [4.69, 9.17) is 0 Å². The van der Waals surface area contributed by atoms with Crippen LogP contribution in [0.2, 0.25) is 0 Å². The first-order valence-electron chi connectivity index (χ1n) is 7.66. The Morgan fingerprint density at radius 3 is 2.95 bits per heavy atom. The lowest BCUT2D eigenvalue weighted by Crippen LogP contribution is -2.60. The van der Waals surface area contributed by atoms with Gasteiger partial charge in [0.25, 0.3) is 0 Å². The summed E-state index contributed by atoms with van der Waals surface area (Å²) in [4.78, 5) is 30.4. The number of carbonyl (C=O) groups is 2. The van der Waals surface area contributed by atoms with Gasteiger partial charge in [0.1, 0.15) is 6.04 Å². The number of rotatable bonds is 4. The van der Waals surface area contributed by atoms with Crippen molar-refractivity contribution in [3.8, 4) is 0 Å². The van der Waals surface area contributed by atoms with Gasteiger partial charge in [-0.1, -0.05) is 19.9 Å². The molecule has 2 rings (SSSR count). The number of hydrogen-bond donors (Lipinski definition) is 1. The lowest BCUT2D eigenvalue weighted by Gasteiger charge is -2.38. The van der Waals surface area contributed by atoms with E-state index in [9.17, 15) is 9.59 Å². The molecule has 0 saturated carbocycles. The van der Waals surface area contributed by atoms with Crippen LogP contribution < -0.4 is 5.32 Å². The standard InChI is InChI=1S/C17H23N3O2/c1-12(2)9-15-17(22)19-13(3)11-20(15)16(21)7-6-14-5-4-8-18-10-14/h4-8,10,12-13,15H,9,11H2,1-3H3,(H,19,22)/t13-,15-/m0/s1. The maximum Gasteiger partial charge on any atom is 0.247 e. The number of hydrogen-bond acceptors (Lipinski definition) is 3. The summed E-state index contributed by atoms with van der Waals surface area (Å²) in [6.07, 6.45) is 7.31. The number of aromatic nitrogens is 1. The van der Waals surface area contributed by atoms with E-state index in [1.807, 2.05) is 19.1 Å². The molecule has 1 saturated heterocycles. The quantitative estimate of drug-likeness (QED) is 0.863. The van der Waals surface area contributed by atoms with Gasteiger partial charge in [-0.25, -0.2) is 0 Å². The van der Waals surface area contributed by atoms with Gasteiger partial charge >= 0.3 is 0 Å². The molecule has 1 aliphatic rings. The van der Waals surface area contributed by atoms with Gasteiger partial charge in [0.05, 0.1) is 0 Å². The van der Waals surface area contributed by atoms with E-state index in [1.165, 1.54) is 6.08 Å². The molecule has 2 atom stereocenters. The van der Waals surface area contributed by atoms with Gasteiger partial charge in [0, 0.05) is 31.1 Å². The van der Waals surface area contributed by atoms with Crippen molar-refractivity contribution >= 4 is 17.9 Å². The van der Waals surface area contributed by atoms with Crippen LogP contribution in [0.3, 0.4) is 0 Å². The molecule has 0 unspecified atom stereocenters. The van der Waals surface area contributed by atoms with Gasteiger partial charge in [-0.05, 0) is 37.0 Å². The monoisotopic (exact) mass is 301 g/mol. The fraction of sp³-hybridized carbons (Fsp3) is 0.471. The molecular formula is C17H23N3O2. The number of pyridine rings is 1. The summed E-state index contributed by atoms with van der Waals surface area (Å²) in [5.41, 5.74) is 0.866.